The number of aryl methyl sites for hydroxylation is 1. The Morgan fingerprint density at radius 2 is 1.81 bits per heavy atom. The average molecular weight is 286 g/mol. The van der Waals surface area contributed by atoms with E-state index in [2.05, 4.69) is 31.2 Å². The summed E-state index contributed by atoms with van der Waals surface area (Å²) in [5, 5.41) is 0. The van der Waals surface area contributed by atoms with E-state index in [0.29, 0.717) is 13.0 Å². The van der Waals surface area contributed by atoms with E-state index in [4.69, 9.17) is 4.74 Å². The molecule has 2 heteroatoms. The van der Waals surface area contributed by atoms with E-state index >= 15 is 0 Å². The van der Waals surface area contributed by atoms with Crippen LogP contribution >= 0.6 is 0 Å². The molecular formula is C19H26O2. The molecule has 0 bridgehead atoms. The SMILES string of the molecule is CC/C=C\C/C=C\CCOc1ccc(CCC(C)=O)cc1. The standard InChI is InChI=1S/C19H26O2/c1-3-4-5-6-7-8-9-16-21-19-14-12-18(13-15-19)11-10-17(2)20/h4-5,7-8,12-15H,3,6,9-11,16H2,1-2H3/b5-4-,8-7-. The summed E-state index contributed by atoms with van der Waals surface area (Å²) in [6.45, 7) is 4.46. The molecule has 0 aliphatic carbocycles. The number of rotatable bonds is 10. The molecule has 0 aromatic heterocycles. The molecule has 0 aliphatic heterocycles. The van der Waals surface area contributed by atoms with Gasteiger partial charge in [0.15, 0.2) is 0 Å². The Morgan fingerprint density at radius 1 is 1.10 bits per heavy atom. The van der Waals surface area contributed by atoms with Gasteiger partial charge in [0.05, 0.1) is 6.61 Å². The van der Waals surface area contributed by atoms with Crippen LogP contribution in [0.3, 0.4) is 0 Å². The largest absolute Gasteiger partial charge is 0.493 e. The van der Waals surface area contributed by atoms with Gasteiger partial charge in [-0.1, -0.05) is 43.4 Å². The van der Waals surface area contributed by atoms with Crippen molar-refractivity contribution in [3.63, 3.8) is 0 Å². The van der Waals surface area contributed by atoms with Gasteiger partial charge < -0.3 is 9.53 Å². The van der Waals surface area contributed by atoms with Crippen molar-refractivity contribution in [3.8, 4) is 5.75 Å². The summed E-state index contributed by atoms with van der Waals surface area (Å²) in [4.78, 5) is 10.9. The third-order valence-corrected chi connectivity index (χ3v) is 3.08. The number of allylic oxidation sites excluding steroid dienone is 3. The highest BCUT2D eigenvalue weighted by atomic mass is 16.5. The number of hydrogen-bond acceptors (Lipinski definition) is 2. The van der Waals surface area contributed by atoms with Gasteiger partial charge in [0.1, 0.15) is 11.5 Å². The third kappa shape index (κ3) is 8.85. The van der Waals surface area contributed by atoms with Crippen LogP contribution in [0.4, 0.5) is 0 Å². The van der Waals surface area contributed by atoms with Crippen molar-refractivity contribution in [1.29, 1.82) is 0 Å². The normalized spacial score (nSPS) is 11.3. The third-order valence-electron chi connectivity index (χ3n) is 3.08. The number of ether oxygens (including phenoxy) is 1. The molecule has 2 nitrogen and oxygen atoms in total. The van der Waals surface area contributed by atoms with E-state index < -0.39 is 0 Å². The molecule has 0 amide bonds. The molecule has 0 spiro atoms. The van der Waals surface area contributed by atoms with Crippen molar-refractivity contribution in [3.05, 3.63) is 54.1 Å². The molecule has 0 aliphatic rings. The van der Waals surface area contributed by atoms with Crippen molar-refractivity contribution in [1.82, 2.24) is 0 Å². The predicted molar refractivity (Wildman–Crippen MR) is 88.7 cm³/mol. The van der Waals surface area contributed by atoms with Crippen LogP contribution in [0.5, 0.6) is 5.75 Å². The van der Waals surface area contributed by atoms with Crippen LogP contribution in [0.25, 0.3) is 0 Å². The summed E-state index contributed by atoms with van der Waals surface area (Å²) >= 11 is 0. The van der Waals surface area contributed by atoms with E-state index in [-0.39, 0.29) is 5.78 Å². The highest BCUT2D eigenvalue weighted by molar-refractivity contribution is 5.75. The molecule has 0 fully saturated rings. The first-order valence-corrected chi connectivity index (χ1v) is 7.73. The second kappa shape index (κ2) is 10.9. The zero-order chi connectivity index (χ0) is 15.3. The summed E-state index contributed by atoms with van der Waals surface area (Å²) in [7, 11) is 0. The number of benzene rings is 1. The van der Waals surface area contributed by atoms with Crippen LogP contribution in [0, 0.1) is 0 Å². The van der Waals surface area contributed by atoms with Gasteiger partial charge >= 0.3 is 0 Å². The van der Waals surface area contributed by atoms with Crippen molar-refractivity contribution in [2.45, 2.75) is 46.0 Å². The Bertz CT molecular complexity index is 455. The van der Waals surface area contributed by atoms with Gasteiger partial charge in [-0.3, -0.25) is 0 Å². The summed E-state index contributed by atoms with van der Waals surface area (Å²) < 4.78 is 5.68. The molecule has 1 aromatic carbocycles. The Balaban J connectivity index is 2.20. The molecule has 0 saturated carbocycles. The minimum absolute atomic E-state index is 0.232. The summed E-state index contributed by atoms with van der Waals surface area (Å²) in [5.74, 6) is 1.12. The number of hydrogen-bond donors (Lipinski definition) is 0. The Kier molecular flexibility index (Phi) is 8.94. The number of carbonyl (C=O) groups is 1. The Hall–Kier alpha value is -1.83. The molecule has 21 heavy (non-hydrogen) atoms. The van der Waals surface area contributed by atoms with Crippen LogP contribution in [-0.4, -0.2) is 12.4 Å². The number of ketones is 1. The van der Waals surface area contributed by atoms with Crippen LogP contribution < -0.4 is 4.74 Å². The van der Waals surface area contributed by atoms with Crippen LogP contribution in [0.2, 0.25) is 0 Å². The van der Waals surface area contributed by atoms with Gasteiger partial charge in [0, 0.05) is 6.42 Å². The van der Waals surface area contributed by atoms with E-state index in [1.54, 1.807) is 6.92 Å². The number of carbonyl (C=O) groups excluding carboxylic acids is 1. The minimum Gasteiger partial charge on any atom is -0.493 e. The lowest BCUT2D eigenvalue weighted by molar-refractivity contribution is -0.116. The number of Topliss-reactive ketones (excluding diaryl/α,β-unsaturated/α-hetero) is 1. The Labute approximate surface area is 128 Å². The van der Waals surface area contributed by atoms with Crippen molar-refractivity contribution in [2.24, 2.45) is 0 Å². The predicted octanol–water partition coefficient (Wildman–Crippen LogP) is 4.89. The molecule has 0 N–H and O–H groups in total. The van der Waals surface area contributed by atoms with Crippen molar-refractivity contribution < 1.29 is 9.53 Å². The molecule has 0 unspecified atom stereocenters. The van der Waals surface area contributed by atoms with Gasteiger partial charge in [-0.25, -0.2) is 0 Å². The first-order valence-electron chi connectivity index (χ1n) is 7.73. The molecule has 1 aromatic rings. The smallest absolute Gasteiger partial charge is 0.130 e. The molecule has 0 heterocycles. The summed E-state index contributed by atoms with van der Waals surface area (Å²) in [6, 6.07) is 8.01. The molecule has 0 saturated heterocycles. The van der Waals surface area contributed by atoms with Crippen LogP contribution in [0.1, 0.15) is 45.1 Å². The van der Waals surface area contributed by atoms with Gasteiger partial charge in [-0.15, -0.1) is 0 Å². The van der Waals surface area contributed by atoms with E-state index in [1.165, 1.54) is 5.56 Å². The fourth-order valence-electron chi connectivity index (χ4n) is 1.87. The van der Waals surface area contributed by atoms with Crippen molar-refractivity contribution in [2.75, 3.05) is 6.61 Å². The Morgan fingerprint density at radius 3 is 2.48 bits per heavy atom. The lowest BCUT2D eigenvalue weighted by Crippen LogP contribution is -1.97. The second-order valence-corrected chi connectivity index (χ2v) is 5.07. The van der Waals surface area contributed by atoms with Crippen LogP contribution in [-0.2, 0) is 11.2 Å². The molecule has 0 radical (unpaired) electrons. The first-order chi connectivity index (χ1) is 10.2. The van der Waals surface area contributed by atoms with Gasteiger partial charge in [0.25, 0.3) is 0 Å². The zero-order valence-corrected chi connectivity index (χ0v) is 13.2. The van der Waals surface area contributed by atoms with E-state index in [0.717, 1.165) is 31.4 Å². The fraction of sp³-hybridized carbons (Fsp3) is 0.421. The molecule has 0 atom stereocenters. The maximum absolute atomic E-state index is 10.9. The second-order valence-electron chi connectivity index (χ2n) is 5.07. The van der Waals surface area contributed by atoms with Gasteiger partial charge in [-0.2, -0.15) is 0 Å². The highest BCUT2D eigenvalue weighted by Gasteiger charge is 1.98. The van der Waals surface area contributed by atoms with E-state index in [1.807, 2.05) is 24.3 Å². The zero-order valence-electron chi connectivity index (χ0n) is 13.2. The topological polar surface area (TPSA) is 26.3 Å². The van der Waals surface area contributed by atoms with E-state index in [9.17, 15) is 4.79 Å². The maximum Gasteiger partial charge on any atom is 0.130 e. The first kappa shape index (κ1) is 17.2. The van der Waals surface area contributed by atoms with Gasteiger partial charge in [-0.05, 0) is 50.3 Å². The average Bonchev–Trinajstić information content (AvgIpc) is 2.49. The summed E-state index contributed by atoms with van der Waals surface area (Å²) in [6.07, 6.45) is 13.1. The molecule has 114 valence electrons. The minimum atomic E-state index is 0.232. The quantitative estimate of drug-likeness (QED) is 0.452. The van der Waals surface area contributed by atoms with Crippen LogP contribution in [0.15, 0.2) is 48.6 Å². The lowest BCUT2D eigenvalue weighted by atomic mass is 10.1. The van der Waals surface area contributed by atoms with Gasteiger partial charge in [0.2, 0.25) is 0 Å². The lowest BCUT2D eigenvalue weighted by Gasteiger charge is -2.05. The van der Waals surface area contributed by atoms with Crippen molar-refractivity contribution >= 4 is 5.78 Å². The molecule has 1 rings (SSSR count). The monoisotopic (exact) mass is 286 g/mol. The highest BCUT2D eigenvalue weighted by Crippen LogP contribution is 2.13. The maximum atomic E-state index is 10.9. The molecular weight excluding hydrogens is 260 g/mol. The fourth-order valence-corrected chi connectivity index (χ4v) is 1.87. The summed E-state index contributed by atoms with van der Waals surface area (Å²) in [5.41, 5.74) is 1.18.